The second-order valence-corrected chi connectivity index (χ2v) is 6.78. The highest BCUT2D eigenvalue weighted by Gasteiger charge is 2.22. The van der Waals surface area contributed by atoms with Gasteiger partial charge in [0.2, 0.25) is 5.91 Å². The quantitative estimate of drug-likeness (QED) is 0.898. The maximum atomic E-state index is 12.2. The zero-order chi connectivity index (χ0) is 16.1. The van der Waals surface area contributed by atoms with Gasteiger partial charge in [-0.3, -0.25) is 4.79 Å². The fraction of sp³-hybridized carbons (Fsp3) is 0.588. The second kappa shape index (κ2) is 7.84. The van der Waals surface area contributed by atoms with E-state index in [1.165, 1.54) is 6.42 Å². The molecular formula is C17H25ClN2O2. The molecule has 22 heavy (non-hydrogen) atoms. The molecule has 1 aliphatic heterocycles. The molecule has 1 heterocycles. The molecule has 1 N–H and O–H groups in total. The van der Waals surface area contributed by atoms with Gasteiger partial charge in [-0.1, -0.05) is 25.4 Å². The van der Waals surface area contributed by atoms with Crippen LogP contribution in [0.3, 0.4) is 0 Å². The summed E-state index contributed by atoms with van der Waals surface area (Å²) in [7, 11) is 1.58. The number of anilines is 1. The number of piperidine rings is 1. The number of nitrogens with zero attached hydrogens (tertiary/aromatic N) is 1. The summed E-state index contributed by atoms with van der Waals surface area (Å²) in [5.41, 5.74) is 0.625. The van der Waals surface area contributed by atoms with Crippen molar-refractivity contribution in [2.75, 3.05) is 32.1 Å². The van der Waals surface area contributed by atoms with E-state index in [-0.39, 0.29) is 5.91 Å². The molecule has 0 radical (unpaired) electrons. The summed E-state index contributed by atoms with van der Waals surface area (Å²) < 4.78 is 5.24. The van der Waals surface area contributed by atoms with Crippen molar-refractivity contribution < 1.29 is 9.53 Å². The molecular weight excluding hydrogens is 300 g/mol. The summed E-state index contributed by atoms with van der Waals surface area (Å²) in [6.07, 6.45) is 1.76. The van der Waals surface area contributed by atoms with Gasteiger partial charge in [-0.05, 0) is 36.5 Å². The number of amides is 1. The first-order chi connectivity index (χ1) is 10.5. The van der Waals surface area contributed by atoms with Crippen LogP contribution in [0, 0.1) is 11.8 Å². The van der Waals surface area contributed by atoms with Crippen LogP contribution in [0.4, 0.5) is 5.69 Å². The molecule has 0 bridgehead atoms. The molecule has 122 valence electrons. The molecule has 1 aliphatic rings. The number of benzene rings is 1. The van der Waals surface area contributed by atoms with Gasteiger partial charge in [0.25, 0.3) is 0 Å². The van der Waals surface area contributed by atoms with E-state index < -0.39 is 0 Å². The lowest BCUT2D eigenvalue weighted by Gasteiger charge is -2.34. The molecule has 4 nitrogen and oxygen atoms in total. The van der Waals surface area contributed by atoms with E-state index in [4.69, 9.17) is 16.3 Å². The Morgan fingerprint density at radius 1 is 1.36 bits per heavy atom. The summed E-state index contributed by atoms with van der Waals surface area (Å²) in [4.78, 5) is 14.5. The Labute approximate surface area is 137 Å². The van der Waals surface area contributed by atoms with Crippen LogP contribution in [-0.4, -0.2) is 37.6 Å². The van der Waals surface area contributed by atoms with Crippen LogP contribution in [0.5, 0.6) is 5.75 Å². The molecule has 0 spiro atoms. The van der Waals surface area contributed by atoms with Crippen molar-refractivity contribution in [3.63, 3.8) is 0 Å². The molecule has 5 heteroatoms. The first-order valence-electron chi connectivity index (χ1n) is 7.83. The fourth-order valence-electron chi connectivity index (χ4n) is 3.22. The van der Waals surface area contributed by atoms with E-state index in [0.717, 1.165) is 19.6 Å². The third-order valence-corrected chi connectivity index (χ3v) is 4.27. The minimum absolute atomic E-state index is 0.00792. The Hall–Kier alpha value is -1.26. The fourth-order valence-corrected chi connectivity index (χ4v) is 3.40. The minimum atomic E-state index is -0.00792. The van der Waals surface area contributed by atoms with Gasteiger partial charge in [0, 0.05) is 31.1 Å². The van der Waals surface area contributed by atoms with E-state index in [1.54, 1.807) is 25.3 Å². The standard InChI is InChI=1S/C17H25ClN2O2/c1-12-8-13(2)11-20(10-12)7-6-17(21)19-15-9-14(18)4-5-16(15)22-3/h4-5,9,12-13H,6-8,10-11H2,1-3H3,(H,19,21). The Morgan fingerprint density at radius 2 is 2.05 bits per heavy atom. The maximum Gasteiger partial charge on any atom is 0.225 e. The van der Waals surface area contributed by atoms with Crippen LogP contribution in [0.15, 0.2) is 18.2 Å². The lowest BCUT2D eigenvalue weighted by atomic mass is 9.92. The van der Waals surface area contributed by atoms with Crippen molar-refractivity contribution in [2.24, 2.45) is 11.8 Å². The van der Waals surface area contributed by atoms with Gasteiger partial charge in [0.1, 0.15) is 5.75 Å². The minimum Gasteiger partial charge on any atom is -0.495 e. The highest BCUT2D eigenvalue weighted by molar-refractivity contribution is 6.31. The lowest BCUT2D eigenvalue weighted by Crippen LogP contribution is -2.40. The van der Waals surface area contributed by atoms with Crippen molar-refractivity contribution in [2.45, 2.75) is 26.7 Å². The van der Waals surface area contributed by atoms with Crippen molar-refractivity contribution >= 4 is 23.2 Å². The van der Waals surface area contributed by atoms with Gasteiger partial charge in [0.15, 0.2) is 0 Å². The van der Waals surface area contributed by atoms with Crippen LogP contribution in [0.25, 0.3) is 0 Å². The number of halogens is 1. The number of nitrogens with one attached hydrogen (secondary N) is 1. The van der Waals surface area contributed by atoms with E-state index in [0.29, 0.717) is 34.7 Å². The SMILES string of the molecule is COc1ccc(Cl)cc1NC(=O)CCN1CC(C)CC(C)C1. The third kappa shape index (κ3) is 4.89. The maximum absolute atomic E-state index is 12.2. The predicted molar refractivity (Wildman–Crippen MR) is 90.6 cm³/mol. The number of carbonyl (C=O) groups is 1. The van der Waals surface area contributed by atoms with E-state index in [1.807, 2.05) is 0 Å². The Kier molecular flexibility index (Phi) is 6.09. The molecule has 1 fully saturated rings. The highest BCUT2D eigenvalue weighted by atomic mass is 35.5. The molecule has 0 saturated carbocycles. The lowest BCUT2D eigenvalue weighted by molar-refractivity contribution is -0.116. The van der Waals surface area contributed by atoms with Crippen molar-refractivity contribution in [3.8, 4) is 5.75 Å². The highest BCUT2D eigenvalue weighted by Crippen LogP contribution is 2.28. The monoisotopic (exact) mass is 324 g/mol. The molecule has 0 aliphatic carbocycles. The number of hydrogen-bond donors (Lipinski definition) is 1. The summed E-state index contributed by atoms with van der Waals surface area (Å²) in [6.45, 7) is 7.51. The summed E-state index contributed by atoms with van der Waals surface area (Å²) in [6, 6.07) is 5.21. The normalized spacial score (nSPS) is 22.4. The van der Waals surface area contributed by atoms with Crippen molar-refractivity contribution in [1.82, 2.24) is 4.90 Å². The van der Waals surface area contributed by atoms with Crippen LogP contribution < -0.4 is 10.1 Å². The Bertz CT molecular complexity index is 511. The van der Waals surface area contributed by atoms with Gasteiger partial charge in [-0.25, -0.2) is 0 Å². The largest absolute Gasteiger partial charge is 0.495 e. The number of ether oxygens (including phenoxy) is 1. The zero-order valence-corrected chi connectivity index (χ0v) is 14.3. The average molecular weight is 325 g/mol. The zero-order valence-electron chi connectivity index (χ0n) is 13.6. The topological polar surface area (TPSA) is 41.6 Å². The van der Waals surface area contributed by atoms with Gasteiger partial charge in [0.05, 0.1) is 12.8 Å². The van der Waals surface area contributed by atoms with Crippen LogP contribution >= 0.6 is 11.6 Å². The first-order valence-corrected chi connectivity index (χ1v) is 8.21. The molecule has 1 amide bonds. The predicted octanol–water partition coefficient (Wildman–Crippen LogP) is 3.66. The Morgan fingerprint density at radius 3 is 2.68 bits per heavy atom. The average Bonchev–Trinajstić information content (AvgIpc) is 2.44. The van der Waals surface area contributed by atoms with Gasteiger partial charge in [-0.2, -0.15) is 0 Å². The third-order valence-electron chi connectivity index (χ3n) is 4.04. The number of methoxy groups -OCH3 is 1. The van der Waals surface area contributed by atoms with E-state index >= 15 is 0 Å². The van der Waals surface area contributed by atoms with Gasteiger partial charge < -0.3 is 15.0 Å². The molecule has 0 aromatic heterocycles. The van der Waals surface area contributed by atoms with E-state index in [9.17, 15) is 4.79 Å². The Balaban J connectivity index is 1.87. The smallest absolute Gasteiger partial charge is 0.225 e. The van der Waals surface area contributed by atoms with Crippen LogP contribution in [0.1, 0.15) is 26.7 Å². The van der Waals surface area contributed by atoms with Gasteiger partial charge >= 0.3 is 0 Å². The molecule has 2 rings (SSSR count). The van der Waals surface area contributed by atoms with Gasteiger partial charge in [-0.15, -0.1) is 0 Å². The molecule has 2 atom stereocenters. The molecule has 1 saturated heterocycles. The summed E-state index contributed by atoms with van der Waals surface area (Å²) >= 11 is 5.97. The second-order valence-electron chi connectivity index (χ2n) is 6.35. The molecule has 1 aromatic carbocycles. The summed E-state index contributed by atoms with van der Waals surface area (Å²) in [5.74, 6) is 2.03. The molecule has 2 unspecified atom stereocenters. The van der Waals surface area contributed by atoms with Crippen LogP contribution in [-0.2, 0) is 4.79 Å². The molecule has 1 aromatic rings. The number of hydrogen-bond acceptors (Lipinski definition) is 3. The van der Waals surface area contributed by atoms with Crippen molar-refractivity contribution in [3.05, 3.63) is 23.2 Å². The number of carbonyl (C=O) groups excluding carboxylic acids is 1. The number of rotatable bonds is 5. The number of likely N-dealkylation sites (tertiary alicyclic amines) is 1. The van der Waals surface area contributed by atoms with E-state index in [2.05, 4.69) is 24.1 Å². The summed E-state index contributed by atoms with van der Waals surface area (Å²) in [5, 5.41) is 3.47. The first kappa shape index (κ1) is 17.1. The van der Waals surface area contributed by atoms with Crippen LogP contribution in [0.2, 0.25) is 5.02 Å². The van der Waals surface area contributed by atoms with Crippen molar-refractivity contribution in [1.29, 1.82) is 0 Å².